The molecule has 1 unspecified atom stereocenters. The number of benzene rings is 2. The Morgan fingerprint density at radius 3 is 2.22 bits per heavy atom. The minimum absolute atomic E-state index is 0.0987. The minimum atomic E-state index is -0.443. The van der Waals surface area contributed by atoms with Crippen molar-refractivity contribution < 1.29 is 19.1 Å². The van der Waals surface area contributed by atoms with Crippen molar-refractivity contribution in [1.82, 2.24) is 10.6 Å². The Hall–Kier alpha value is -2.86. The fourth-order valence-electron chi connectivity index (χ4n) is 2.53. The number of halogens is 1. The molecule has 0 aromatic heterocycles. The molecule has 27 heavy (non-hydrogen) atoms. The summed E-state index contributed by atoms with van der Waals surface area (Å²) in [6.07, 6.45) is 0.0987. The highest BCUT2D eigenvalue weighted by molar-refractivity contribution is 6.30. The molecular formula is C20H21ClN2O4. The van der Waals surface area contributed by atoms with Gasteiger partial charge in [0, 0.05) is 18.5 Å². The summed E-state index contributed by atoms with van der Waals surface area (Å²) in [7, 11) is 1.32. The van der Waals surface area contributed by atoms with Gasteiger partial charge >= 0.3 is 5.97 Å². The van der Waals surface area contributed by atoms with Gasteiger partial charge in [-0.25, -0.2) is 4.79 Å². The Labute approximate surface area is 162 Å². The average molecular weight is 389 g/mol. The van der Waals surface area contributed by atoms with Crippen molar-refractivity contribution in [3.8, 4) is 0 Å². The van der Waals surface area contributed by atoms with Gasteiger partial charge in [-0.15, -0.1) is 0 Å². The molecule has 6 nitrogen and oxygen atoms in total. The molecule has 7 heteroatoms. The van der Waals surface area contributed by atoms with E-state index in [-0.39, 0.29) is 18.2 Å². The molecule has 2 aromatic carbocycles. The summed E-state index contributed by atoms with van der Waals surface area (Å²) < 4.78 is 4.65. The number of rotatable bonds is 7. The third-order valence-electron chi connectivity index (χ3n) is 3.90. The molecule has 0 spiro atoms. The predicted octanol–water partition coefficient (Wildman–Crippen LogP) is 3.01. The molecule has 0 aliphatic carbocycles. The molecule has 142 valence electrons. The van der Waals surface area contributed by atoms with E-state index >= 15 is 0 Å². The lowest BCUT2D eigenvalue weighted by atomic mass is 10.0. The number of hydrogen-bond donors (Lipinski definition) is 2. The summed E-state index contributed by atoms with van der Waals surface area (Å²) in [5.74, 6) is -0.839. The fraction of sp³-hybridized carbons (Fsp3) is 0.250. The number of esters is 1. The van der Waals surface area contributed by atoms with E-state index in [1.807, 2.05) is 0 Å². The van der Waals surface area contributed by atoms with Crippen LogP contribution in [0.25, 0.3) is 0 Å². The first-order valence-corrected chi connectivity index (χ1v) is 8.73. The standard InChI is InChI=1S/C20H21ClN2O4/c1-13(24)23-18(15-7-9-17(21)10-8-15)11-19(25)22-12-14-3-5-16(6-4-14)20(26)27-2/h3-10,18H,11-12H2,1-2H3,(H,22,25)(H,23,24). The highest BCUT2D eigenvalue weighted by Gasteiger charge is 2.17. The Morgan fingerprint density at radius 1 is 1.04 bits per heavy atom. The summed E-state index contributed by atoms with van der Waals surface area (Å²) >= 11 is 5.89. The van der Waals surface area contributed by atoms with Crippen molar-refractivity contribution in [3.63, 3.8) is 0 Å². The van der Waals surface area contributed by atoms with E-state index in [0.29, 0.717) is 17.1 Å². The molecule has 2 N–H and O–H groups in total. The molecule has 0 radical (unpaired) electrons. The summed E-state index contributed by atoms with van der Waals surface area (Å²) in [5, 5.41) is 6.17. The van der Waals surface area contributed by atoms with Crippen LogP contribution in [-0.4, -0.2) is 24.9 Å². The monoisotopic (exact) mass is 388 g/mol. The molecule has 0 fully saturated rings. The summed E-state index contributed by atoms with van der Waals surface area (Å²) in [4.78, 5) is 35.2. The summed E-state index contributed by atoms with van der Waals surface area (Å²) in [5.41, 5.74) is 2.09. The van der Waals surface area contributed by atoms with Crippen LogP contribution in [0.3, 0.4) is 0 Å². The van der Waals surface area contributed by atoms with Gasteiger partial charge in [0.1, 0.15) is 0 Å². The van der Waals surface area contributed by atoms with Gasteiger partial charge in [-0.3, -0.25) is 9.59 Å². The number of ether oxygens (including phenoxy) is 1. The first kappa shape index (κ1) is 20.5. The normalized spacial score (nSPS) is 11.4. The van der Waals surface area contributed by atoms with E-state index in [1.165, 1.54) is 14.0 Å². The minimum Gasteiger partial charge on any atom is -0.465 e. The van der Waals surface area contributed by atoms with Gasteiger partial charge in [-0.2, -0.15) is 0 Å². The van der Waals surface area contributed by atoms with E-state index in [4.69, 9.17) is 11.6 Å². The van der Waals surface area contributed by atoms with Crippen molar-refractivity contribution in [2.75, 3.05) is 7.11 Å². The number of carbonyl (C=O) groups is 3. The first-order valence-electron chi connectivity index (χ1n) is 8.35. The fourth-order valence-corrected chi connectivity index (χ4v) is 2.65. The molecule has 0 aliphatic heterocycles. The Kier molecular flexibility index (Phi) is 7.37. The Bertz CT molecular complexity index is 804. The molecule has 1 atom stereocenters. The third kappa shape index (κ3) is 6.42. The van der Waals surface area contributed by atoms with Gasteiger partial charge < -0.3 is 15.4 Å². The molecule has 0 saturated carbocycles. The number of amides is 2. The molecule has 0 saturated heterocycles. The van der Waals surface area contributed by atoms with Crippen LogP contribution in [0.5, 0.6) is 0 Å². The van der Waals surface area contributed by atoms with Gasteiger partial charge in [-0.1, -0.05) is 35.9 Å². The van der Waals surface area contributed by atoms with Crippen LogP contribution in [0.2, 0.25) is 5.02 Å². The highest BCUT2D eigenvalue weighted by Crippen LogP contribution is 2.19. The second kappa shape index (κ2) is 9.73. The Balaban J connectivity index is 1.96. The molecular weight excluding hydrogens is 368 g/mol. The average Bonchev–Trinajstić information content (AvgIpc) is 2.66. The Morgan fingerprint density at radius 2 is 1.67 bits per heavy atom. The smallest absolute Gasteiger partial charge is 0.337 e. The number of carbonyl (C=O) groups excluding carboxylic acids is 3. The molecule has 2 rings (SSSR count). The van der Waals surface area contributed by atoms with Crippen molar-refractivity contribution in [3.05, 3.63) is 70.2 Å². The van der Waals surface area contributed by atoms with Gasteiger partial charge in [0.25, 0.3) is 0 Å². The van der Waals surface area contributed by atoms with E-state index < -0.39 is 12.0 Å². The zero-order chi connectivity index (χ0) is 19.8. The second-order valence-corrected chi connectivity index (χ2v) is 6.41. The number of nitrogens with one attached hydrogen (secondary N) is 2. The van der Waals surface area contributed by atoms with Crippen LogP contribution in [0, 0.1) is 0 Å². The van der Waals surface area contributed by atoms with Gasteiger partial charge in [0.15, 0.2) is 0 Å². The first-order chi connectivity index (χ1) is 12.9. The quantitative estimate of drug-likeness (QED) is 0.714. The van der Waals surface area contributed by atoms with E-state index in [2.05, 4.69) is 15.4 Å². The molecule has 0 aliphatic rings. The van der Waals surface area contributed by atoms with Crippen molar-refractivity contribution >= 4 is 29.4 Å². The van der Waals surface area contributed by atoms with Crippen LogP contribution in [0.1, 0.15) is 40.9 Å². The maximum atomic E-state index is 12.3. The van der Waals surface area contributed by atoms with Crippen LogP contribution in [0.4, 0.5) is 0 Å². The van der Waals surface area contributed by atoms with Gasteiger partial charge in [-0.05, 0) is 35.4 Å². The lowest BCUT2D eigenvalue weighted by Crippen LogP contribution is -2.32. The van der Waals surface area contributed by atoms with Crippen molar-refractivity contribution in [2.24, 2.45) is 0 Å². The summed E-state index contributed by atoms with van der Waals surface area (Å²) in [6.45, 7) is 1.72. The maximum absolute atomic E-state index is 12.3. The lowest BCUT2D eigenvalue weighted by Gasteiger charge is -2.18. The highest BCUT2D eigenvalue weighted by atomic mass is 35.5. The van der Waals surface area contributed by atoms with Crippen molar-refractivity contribution in [2.45, 2.75) is 25.9 Å². The second-order valence-electron chi connectivity index (χ2n) is 5.97. The van der Waals surface area contributed by atoms with Crippen LogP contribution in [0.15, 0.2) is 48.5 Å². The van der Waals surface area contributed by atoms with Crippen LogP contribution < -0.4 is 10.6 Å². The zero-order valence-electron chi connectivity index (χ0n) is 15.1. The van der Waals surface area contributed by atoms with E-state index in [1.54, 1.807) is 48.5 Å². The number of hydrogen-bond acceptors (Lipinski definition) is 4. The number of methoxy groups -OCH3 is 1. The van der Waals surface area contributed by atoms with E-state index in [9.17, 15) is 14.4 Å². The van der Waals surface area contributed by atoms with Crippen molar-refractivity contribution in [1.29, 1.82) is 0 Å². The van der Waals surface area contributed by atoms with Crippen LogP contribution in [-0.2, 0) is 20.9 Å². The zero-order valence-corrected chi connectivity index (χ0v) is 15.9. The SMILES string of the molecule is COC(=O)c1ccc(CNC(=O)CC(NC(C)=O)c2ccc(Cl)cc2)cc1. The summed E-state index contributed by atoms with van der Waals surface area (Å²) in [6, 6.07) is 13.3. The van der Waals surface area contributed by atoms with E-state index in [0.717, 1.165) is 11.1 Å². The predicted molar refractivity (Wildman–Crippen MR) is 102 cm³/mol. The molecule has 0 heterocycles. The molecule has 2 amide bonds. The third-order valence-corrected chi connectivity index (χ3v) is 4.16. The lowest BCUT2D eigenvalue weighted by molar-refractivity contribution is -0.122. The maximum Gasteiger partial charge on any atom is 0.337 e. The van der Waals surface area contributed by atoms with Crippen LogP contribution >= 0.6 is 11.6 Å². The molecule has 2 aromatic rings. The largest absolute Gasteiger partial charge is 0.465 e. The topological polar surface area (TPSA) is 84.5 Å². The van der Waals surface area contributed by atoms with Gasteiger partial charge in [0.05, 0.1) is 25.1 Å². The molecule has 0 bridgehead atoms. The van der Waals surface area contributed by atoms with Gasteiger partial charge in [0.2, 0.25) is 11.8 Å².